The molecule has 8 heteroatoms. The molecular weight excluding hydrogens is 424 g/mol. The lowest BCUT2D eigenvalue weighted by Crippen LogP contribution is -2.50. The van der Waals surface area contributed by atoms with Crippen molar-refractivity contribution in [1.82, 2.24) is 4.90 Å². The molecule has 0 spiro atoms. The van der Waals surface area contributed by atoms with Crippen molar-refractivity contribution >= 4 is 46.1 Å². The second kappa shape index (κ2) is 9.46. The first-order valence-electron chi connectivity index (χ1n) is 8.25. The number of carbonyl (C=O) groups excluding carboxylic acids is 2. The van der Waals surface area contributed by atoms with Gasteiger partial charge in [-0.1, -0.05) is 15.9 Å². The maximum absolute atomic E-state index is 12.1. The number of benzene rings is 1. The number of anilines is 1. The number of carbonyl (C=O) groups is 2. The number of hydrogen-bond donors (Lipinski definition) is 0. The Morgan fingerprint density at radius 1 is 1.15 bits per heavy atom. The number of hydrogen-bond acceptors (Lipinski definition) is 5. The van der Waals surface area contributed by atoms with Crippen LogP contribution in [0.1, 0.15) is 36.7 Å². The second-order valence-electron chi connectivity index (χ2n) is 6.92. The topological polar surface area (TPSA) is 59.1 Å². The lowest BCUT2D eigenvalue weighted by atomic mass is 10.1. The van der Waals surface area contributed by atoms with Gasteiger partial charge in [-0.25, -0.2) is 9.59 Å². The predicted octanol–water partition coefficient (Wildman–Crippen LogP) is 3.85. The highest BCUT2D eigenvalue weighted by Crippen LogP contribution is 2.24. The maximum atomic E-state index is 12.1. The van der Waals surface area contributed by atoms with Crippen LogP contribution in [0.4, 0.5) is 10.5 Å². The number of halogens is 2. The molecule has 1 aromatic rings. The van der Waals surface area contributed by atoms with Gasteiger partial charge in [-0.05, 0) is 44.5 Å². The van der Waals surface area contributed by atoms with Gasteiger partial charge in [0.05, 0.1) is 12.7 Å². The summed E-state index contributed by atoms with van der Waals surface area (Å²) in [5.74, 6) is -0.337. The number of esters is 1. The fourth-order valence-electron chi connectivity index (χ4n) is 2.67. The molecule has 1 amide bonds. The average molecular weight is 450 g/mol. The van der Waals surface area contributed by atoms with Gasteiger partial charge in [-0.3, -0.25) is 0 Å². The zero-order valence-corrected chi connectivity index (χ0v) is 18.0. The zero-order valence-electron chi connectivity index (χ0n) is 15.6. The van der Waals surface area contributed by atoms with E-state index in [2.05, 4.69) is 20.8 Å². The molecule has 0 N–H and O–H groups in total. The Morgan fingerprint density at radius 2 is 1.77 bits per heavy atom. The first-order valence-corrected chi connectivity index (χ1v) is 9.37. The highest BCUT2D eigenvalue weighted by atomic mass is 79.9. The first kappa shape index (κ1) is 22.6. The van der Waals surface area contributed by atoms with E-state index in [1.807, 2.05) is 32.9 Å². The molecule has 0 aromatic heterocycles. The van der Waals surface area contributed by atoms with Crippen LogP contribution in [-0.4, -0.2) is 55.9 Å². The van der Waals surface area contributed by atoms with Crippen LogP contribution in [-0.2, 0) is 14.8 Å². The van der Waals surface area contributed by atoms with Crippen molar-refractivity contribution in [1.29, 1.82) is 0 Å². The van der Waals surface area contributed by atoms with Gasteiger partial charge in [-0.2, -0.15) is 0 Å². The second-order valence-corrected chi connectivity index (χ2v) is 7.48. The Labute approximate surface area is 169 Å². The molecule has 0 bridgehead atoms. The molecule has 146 valence electrons. The Hall–Kier alpha value is -1.47. The van der Waals surface area contributed by atoms with Gasteiger partial charge in [0.1, 0.15) is 5.60 Å². The van der Waals surface area contributed by atoms with Crippen LogP contribution in [0.15, 0.2) is 18.2 Å². The molecule has 1 fully saturated rings. The number of nitrogens with zero attached hydrogens (tertiary/aromatic N) is 2. The van der Waals surface area contributed by atoms with Gasteiger partial charge in [0.15, 0.2) is 0 Å². The van der Waals surface area contributed by atoms with Crippen LogP contribution in [0.5, 0.6) is 0 Å². The number of piperazine rings is 1. The zero-order chi connectivity index (χ0) is 18.6. The van der Waals surface area contributed by atoms with Gasteiger partial charge < -0.3 is 19.3 Å². The Kier molecular flexibility index (Phi) is 8.21. The number of ether oxygens (including phenoxy) is 2. The van der Waals surface area contributed by atoms with Crippen LogP contribution < -0.4 is 4.90 Å². The van der Waals surface area contributed by atoms with Crippen molar-refractivity contribution in [3.8, 4) is 0 Å². The van der Waals surface area contributed by atoms with E-state index < -0.39 is 5.60 Å². The van der Waals surface area contributed by atoms with Crippen LogP contribution in [0.3, 0.4) is 0 Å². The lowest BCUT2D eigenvalue weighted by Gasteiger charge is -2.37. The third-order valence-corrected chi connectivity index (χ3v) is 4.54. The maximum Gasteiger partial charge on any atom is 0.410 e. The summed E-state index contributed by atoms with van der Waals surface area (Å²) in [5.41, 5.74) is 2.00. The highest BCUT2D eigenvalue weighted by molar-refractivity contribution is 9.08. The average Bonchev–Trinajstić information content (AvgIpc) is 2.59. The Morgan fingerprint density at radius 3 is 2.27 bits per heavy atom. The normalized spacial score (nSPS) is 14.5. The largest absolute Gasteiger partial charge is 0.465 e. The summed E-state index contributed by atoms with van der Waals surface area (Å²) < 4.78 is 10.2. The molecule has 1 saturated heterocycles. The van der Waals surface area contributed by atoms with Crippen LogP contribution in [0.2, 0.25) is 0 Å². The SMILES string of the molecule is COC(=O)c1ccc(N2CCN(C(=O)OC(C)(C)C)CC2)cc1CBr.Cl. The van der Waals surface area contributed by atoms with Crippen molar-refractivity contribution in [3.63, 3.8) is 0 Å². The van der Waals surface area contributed by atoms with E-state index in [1.165, 1.54) is 7.11 Å². The van der Waals surface area contributed by atoms with Crippen LogP contribution >= 0.6 is 28.3 Å². The molecule has 0 atom stereocenters. The lowest BCUT2D eigenvalue weighted by molar-refractivity contribution is 0.0240. The molecule has 0 unspecified atom stereocenters. The van der Waals surface area contributed by atoms with E-state index in [0.29, 0.717) is 24.0 Å². The fraction of sp³-hybridized carbons (Fsp3) is 0.556. The summed E-state index contributed by atoms with van der Waals surface area (Å²) in [6.45, 7) is 8.26. The van der Waals surface area contributed by atoms with Crippen molar-refractivity contribution < 1.29 is 19.1 Å². The van der Waals surface area contributed by atoms with Crippen molar-refractivity contribution in [3.05, 3.63) is 29.3 Å². The molecule has 6 nitrogen and oxygen atoms in total. The molecule has 2 rings (SSSR count). The molecule has 1 heterocycles. The molecule has 0 aliphatic carbocycles. The van der Waals surface area contributed by atoms with Crippen LogP contribution in [0, 0.1) is 0 Å². The number of alkyl halides is 1. The summed E-state index contributed by atoms with van der Waals surface area (Å²) in [4.78, 5) is 27.9. The fourth-order valence-corrected chi connectivity index (χ4v) is 3.13. The van der Waals surface area contributed by atoms with Crippen molar-refractivity contribution in [2.75, 3.05) is 38.2 Å². The smallest absolute Gasteiger partial charge is 0.410 e. The minimum atomic E-state index is -0.483. The Balaban J connectivity index is 0.00000338. The van der Waals surface area contributed by atoms with E-state index in [0.717, 1.165) is 24.3 Å². The van der Waals surface area contributed by atoms with Gasteiger partial charge in [0, 0.05) is 37.2 Å². The van der Waals surface area contributed by atoms with E-state index in [-0.39, 0.29) is 24.5 Å². The first-order chi connectivity index (χ1) is 11.7. The molecular formula is C18H26BrClN2O4. The summed E-state index contributed by atoms with van der Waals surface area (Å²) in [7, 11) is 1.38. The number of methoxy groups -OCH3 is 1. The molecule has 0 radical (unpaired) electrons. The summed E-state index contributed by atoms with van der Waals surface area (Å²) >= 11 is 3.42. The minimum absolute atomic E-state index is 0. The molecule has 0 saturated carbocycles. The predicted molar refractivity (Wildman–Crippen MR) is 108 cm³/mol. The summed E-state index contributed by atoms with van der Waals surface area (Å²) in [5, 5.41) is 0.573. The van der Waals surface area contributed by atoms with Crippen LogP contribution in [0.25, 0.3) is 0 Å². The van der Waals surface area contributed by atoms with E-state index in [9.17, 15) is 9.59 Å². The third kappa shape index (κ3) is 5.77. The monoisotopic (exact) mass is 448 g/mol. The van der Waals surface area contributed by atoms with E-state index in [1.54, 1.807) is 11.0 Å². The summed E-state index contributed by atoms with van der Waals surface area (Å²) in [6.07, 6.45) is -0.269. The van der Waals surface area contributed by atoms with E-state index in [4.69, 9.17) is 9.47 Å². The molecule has 1 aliphatic rings. The molecule has 26 heavy (non-hydrogen) atoms. The van der Waals surface area contributed by atoms with Crippen molar-refractivity contribution in [2.45, 2.75) is 31.7 Å². The Bertz CT molecular complexity index is 641. The quantitative estimate of drug-likeness (QED) is 0.518. The van der Waals surface area contributed by atoms with E-state index >= 15 is 0 Å². The molecule has 1 aliphatic heterocycles. The van der Waals surface area contributed by atoms with Gasteiger partial charge in [0.2, 0.25) is 0 Å². The molecule has 1 aromatic carbocycles. The third-order valence-electron chi connectivity index (χ3n) is 3.93. The number of rotatable bonds is 3. The minimum Gasteiger partial charge on any atom is -0.465 e. The van der Waals surface area contributed by atoms with Gasteiger partial charge in [-0.15, -0.1) is 12.4 Å². The highest BCUT2D eigenvalue weighted by Gasteiger charge is 2.26. The van der Waals surface area contributed by atoms with Crippen molar-refractivity contribution in [2.24, 2.45) is 0 Å². The van der Waals surface area contributed by atoms with Gasteiger partial charge >= 0.3 is 12.1 Å². The number of amides is 1. The van der Waals surface area contributed by atoms with Gasteiger partial charge in [0.25, 0.3) is 0 Å². The standard InChI is InChI=1S/C18H25BrN2O4.ClH/c1-18(2,3)25-17(23)21-9-7-20(8-10-21)14-5-6-15(16(22)24-4)13(11-14)12-19;/h5-6,11H,7-10,12H2,1-4H3;1H. The summed E-state index contributed by atoms with van der Waals surface area (Å²) in [6, 6.07) is 5.70.